The average Bonchev–Trinajstić information content (AvgIpc) is 3.29. The summed E-state index contributed by atoms with van der Waals surface area (Å²) >= 11 is 1.05. The minimum Gasteiger partial charge on any atom is -0.511 e. The van der Waals surface area contributed by atoms with Gasteiger partial charge in [0, 0.05) is 17.8 Å². The van der Waals surface area contributed by atoms with E-state index in [4.69, 9.17) is 9.47 Å². The van der Waals surface area contributed by atoms with Crippen LogP contribution in [0.2, 0.25) is 0 Å². The van der Waals surface area contributed by atoms with Gasteiger partial charge >= 0.3 is 5.97 Å². The first-order valence-corrected chi connectivity index (χ1v) is 13.4. The number of thioether (sulfide) groups is 1. The molecule has 1 N–H and O–H groups in total. The van der Waals surface area contributed by atoms with Crippen LogP contribution in [0.5, 0.6) is 5.75 Å². The Kier molecular flexibility index (Phi) is 6.92. The Hall–Kier alpha value is -3.07. The first-order valence-electron chi connectivity index (χ1n) is 12.5. The molecule has 1 fully saturated rings. The van der Waals surface area contributed by atoms with Crippen LogP contribution in [0.4, 0.5) is 0 Å². The molecular weight excluding hydrogens is 476 g/mol. The third kappa shape index (κ3) is 4.93. The van der Waals surface area contributed by atoms with Crippen LogP contribution in [0.3, 0.4) is 0 Å². The van der Waals surface area contributed by atoms with Gasteiger partial charge in [-0.2, -0.15) is 4.98 Å². The molecule has 3 aromatic rings. The Bertz CT molecular complexity index is 1300. The van der Waals surface area contributed by atoms with Gasteiger partial charge in [-0.25, -0.2) is 14.3 Å². The van der Waals surface area contributed by atoms with Crippen molar-refractivity contribution in [3.05, 3.63) is 57.9 Å². The average molecular weight is 509 g/mol. The summed E-state index contributed by atoms with van der Waals surface area (Å²) in [4.78, 5) is 22.4. The maximum absolute atomic E-state index is 13.3. The zero-order valence-electron chi connectivity index (χ0n) is 21.0. The monoisotopic (exact) mass is 508 g/mol. The van der Waals surface area contributed by atoms with E-state index < -0.39 is 11.6 Å². The Balaban J connectivity index is 1.40. The molecule has 1 atom stereocenters. The maximum atomic E-state index is 13.3. The number of aliphatic hydroxyl groups is 1. The third-order valence-electron chi connectivity index (χ3n) is 7.35. The number of carbonyl (C=O) groups is 1. The summed E-state index contributed by atoms with van der Waals surface area (Å²) in [6.07, 6.45) is 7.17. The van der Waals surface area contributed by atoms with Crippen molar-refractivity contribution in [3.63, 3.8) is 0 Å². The van der Waals surface area contributed by atoms with Crippen LogP contribution in [0.1, 0.15) is 61.9 Å². The molecule has 0 radical (unpaired) electrons. The van der Waals surface area contributed by atoms with Crippen molar-refractivity contribution in [3.8, 4) is 5.75 Å². The predicted octanol–water partition coefficient (Wildman–Crippen LogP) is 5.51. The highest BCUT2D eigenvalue weighted by atomic mass is 32.2. The molecule has 9 heteroatoms. The highest BCUT2D eigenvalue weighted by molar-refractivity contribution is 8.03. The van der Waals surface area contributed by atoms with Gasteiger partial charge in [0.15, 0.2) is 0 Å². The number of nitrogens with zero attached hydrogens (tertiary/aromatic N) is 4. The second-order valence-electron chi connectivity index (χ2n) is 9.84. The number of benzene rings is 1. The number of carbonyl (C=O) groups excluding carboxylic acids is 1. The van der Waals surface area contributed by atoms with Gasteiger partial charge in [0.2, 0.25) is 5.16 Å². The van der Waals surface area contributed by atoms with Crippen molar-refractivity contribution in [2.75, 3.05) is 7.11 Å². The highest BCUT2D eigenvalue weighted by Gasteiger charge is 2.47. The van der Waals surface area contributed by atoms with E-state index in [1.807, 2.05) is 44.2 Å². The number of fused-ring (bicyclic) bond motifs is 1. The van der Waals surface area contributed by atoms with Crippen LogP contribution in [-0.4, -0.2) is 43.4 Å². The molecule has 1 unspecified atom stereocenters. The van der Waals surface area contributed by atoms with E-state index in [1.165, 1.54) is 6.42 Å². The Labute approximate surface area is 215 Å². The maximum Gasteiger partial charge on any atom is 0.349 e. The molecule has 0 bridgehead atoms. The number of esters is 1. The van der Waals surface area contributed by atoms with E-state index in [9.17, 15) is 9.90 Å². The standard InChI is InChI=1S/C27H32N4O4S/c1-17-15-18(2)31-25(28-17)29-26(30-31)36-23-22(32)16-27(35-24(23)33,20-7-5-4-6-8-20)14-13-19-9-11-21(34-3)12-10-19/h9-12,15,20,32H,4-8,13-14,16H2,1-3H3. The molecule has 1 aromatic carbocycles. The minimum absolute atomic E-state index is 0.0660. The van der Waals surface area contributed by atoms with E-state index in [-0.39, 0.29) is 16.6 Å². The van der Waals surface area contributed by atoms with Gasteiger partial charge in [0.05, 0.1) is 7.11 Å². The van der Waals surface area contributed by atoms with E-state index >= 15 is 0 Å². The highest BCUT2D eigenvalue weighted by Crippen LogP contribution is 2.47. The molecule has 1 aliphatic heterocycles. The largest absolute Gasteiger partial charge is 0.511 e. The molecule has 3 heterocycles. The summed E-state index contributed by atoms with van der Waals surface area (Å²) in [5.41, 5.74) is 2.18. The fraction of sp³-hybridized carbons (Fsp3) is 0.481. The SMILES string of the molecule is COc1ccc(CCC2(C3CCCCC3)CC(O)=C(Sc3nc4nc(C)cc(C)n4n3)C(=O)O2)cc1. The molecule has 0 saturated heterocycles. The van der Waals surface area contributed by atoms with Crippen LogP contribution in [0.15, 0.2) is 46.2 Å². The summed E-state index contributed by atoms with van der Waals surface area (Å²) in [6.45, 7) is 3.83. The molecule has 8 nitrogen and oxygen atoms in total. The molecule has 1 saturated carbocycles. The van der Waals surface area contributed by atoms with Crippen molar-refractivity contribution in [1.29, 1.82) is 0 Å². The summed E-state index contributed by atoms with van der Waals surface area (Å²) < 4.78 is 13.2. The lowest BCUT2D eigenvalue weighted by molar-refractivity contribution is -0.168. The van der Waals surface area contributed by atoms with Crippen LogP contribution in [0.25, 0.3) is 5.78 Å². The van der Waals surface area contributed by atoms with Gasteiger partial charge in [-0.3, -0.25) is 0 Å². The van der Waals surface area contributed by atoms with Crippen molar-refractivity contribution >= 4 is 23.5 Å². The van der Waals surface area contributed by atoms with E-state index in [1.54, 1.807) is 11.6 Å². The normalized spacial score (nSPS) is 21.1. The third-order valence-corrected chi connectivity index (χ3v) is 8.31. The topological polar surface area (TPSA) is 98.8 Å². The number of cyclic esters (lactones) is 1. The Morgan fingerprint density at radius 1 is 1.17 bits per heavy atom. The molecular formula is C27H32N4O4S. The zero-order valence-corrected chi connectivity index (χ0v) is 21.8. The number of aryl methyl sites for hydroxylation is 3. The second kappa shape index (κ2) is 10.1. The number of ether oxygens (including phenoxy) is 2. The zero-order chi connectivity index (χ0) is 25.3. The van der Waals surface area contributed by atoms with Crippen molar-refractivity contribution in [2.24, 2.45) is 5.92 Å². The molecule has 0 amide bonds. The molecule has 190 valence electrons. The van der Waals surface area contributed by atoms with Gasteiger partial charge < -0.3 is 14.6 Å². The molecule has 5 rings (SSSR count). The van der Waals surface area contributed by atoms with E-state index in [0.29, 0.717) is 23.8 Å². The summed E-state index contributed by atoms with van der Waals surface area (Å²) in [5, 5.41) is 16.0. The van der Waals surface area contributed by atoms with Crippen molar-refractivity contribution < 1.29 is 19.4 Å². The lowest BCUT2D eigenvalue weighted by Gasteiger charge is -2.44. The van der Waals surface area contributed by atoms with Gasteiger partial charge in [-0.15, -0.1) is 5.10 Å². The number of hydrogen-bond donors (Lipinski definition) is 1. The minimum atomic E-state index is -0.715. The summed E-state index contributed by atoms with van der Waals surface area (Å²) in [5.74, 6) is 1.08. The number of aliphatic hydroxyl groups excluding tert-OH is 1. The first kappa shape index (κ1) is 24.6. The fourth-order valence-corrected chi connectivity index (χ4v) is 6.23. The first-order chi connectivity index (χ1) is 17.4. The van der Waals surface area contributed by atoms with E-state index in [2.05, 4.69) is 15.1 Å². The molecule has 2 aromatic heterocycles. The molecule has 1 aliphatic carbocycles. The molecule has 36 heavy (non-hydrogen) atoms. The van der Waals surface area contributed by atoms with Crippen LogP contribution in [0, 0.1) is 19.8 Å². The molecule has 0 spiro atoms. The summed E-state index contributed by atoms with van der Waals surface area (Å²) in [6, 6.07) is 9.90. The lowest BCUT2D eigenvalue weighted by Crippen LogP contribution is -2.47. The van der Waals surface area contributed by atoms with Gasteiger partial charge in [0.1, 0.15) is 22.0 Å². The van der Waals surface area contributed by atoms with E-state index in [0.717, 1.165) is 66.6 Å². The van der Waals surface area contributed by atoms with Crippen molar-refractivity contribution in [1.82, 2.24) is 19.6 Å². The fourth-order valence-electron chi connectivity index (χ4n) is 5.48. The van der Waals surface area contributed by atoms with Crippen LogP contribution in [-0.2, 0) is 16.0 Å². The van der Waals surface area contributed by atoms with Gasteiger partial charge in [0.25, 0.3) is 5.78 Å². The Morgan fingerprint density at radius 3 is 2.61 bits per heavy atom. The number of rotatable bonds is 7. The van der Waals surface area contributed by atoms with Crippen LogP contribution >= 0.6 is 11.8 Å². The van der Waals surface area contributed by atoms with Gasteiger partial charge in [-0.1, -0.05) is 31.4 Å². The smallest absolute Gasteiger partial charge is 0.349 e. The van der Waals surface area contributed by atoms with Crippen molar-refractivity contribution in [2.45, 2.75) is 76.0 Å². The van der Waals surface area contributed by atoms with Gasteiger partial charge in [-0.05, 0) is 81.0 Å². The number of methoxy groups -OCH3 is 1. The second-order valence-corrected chi connectivity index (χ2v) is 10.8. The van der Waals surface area contributed by atoms with Crippen LogP contribution < -0.4 is 4.74 Å². The quantitative estimate of drug-likeness (QED) is 0.417. The predicted molar refractivity (Wildman–Crippen MR) is 137 cm³/mol. The number of aromatic nitrogens is 4. The Morgan fingerprint density at radius 2 is 1.92 bits per heavy atom. The summed E-state index contributed by atoms with van der Waals surface area (Å²) in [7, 11) is 1.65. The lowest BCUT2D eigenvalue weighted by atomic mass is 9.71. The molecule has 2 aliphatic rings. The number of hydrogen-bond acceptors (Lipinski definition) is 8.